The molecule has 0 aromatic rings. The van der Waals surface area contributed by atoms with Gasteiger partial charge in [-0.1, -0.05) is 359 Å². The molecule has 3 unspecified atom stereocenters. The van der Waals surface area contributed by atoms with E-state index < -0.39 is 20.0 Å². The summed E-state index contributed by atoms with van der Waals surface area (Å²) in [5.74, 6) is -0.178. The first-order valence-electron chi connectivity index (χ1n) is 35.7. The third-order valence-corrected chi connectivity index (χ3v) is 17.7. The van der Waals surface area contributed by atoms with Crippen LogP contribution in [0.4, 0.5) is 0 Å². The van der Waals surface area contributed by atoms with Gasteiger partial charge in [0, 0.05) is 6.42 Å². The summed E-state index contributed by atoms with van der Waals surface area (Å²) in [5, 5.41) is 14.0. The minimum absolute atomic E-state index is 0.0591. The van der Waals surface area contributed by atoms with Gasteiger partial charge in [-0.25, -0.2) is 4.57 Å². The predicted octanol–water partition coefficient (Wildman–Crippen LogP) is 22.7. The Morgan fingerprint density at radius 3 is 1.00 bits per heavy atom. The smallest absolute Gasteiger partial charge is 0.387 e. The zero-order valence-electron chi connectivity index (χ0n) is 54.6. The molecule has 0 bridgehead atoms. The monoisotopic (exact) mass is 1150 g/mol. The minimum Gasteiger partial charge on any atom is -0.387 e. The molecule has 0 fully saturated rings. The summed E-state index contributed by atoms with van der Waals surface area (Å²) in [5.41, 5.74) is 0. The van der Waals surface area contributed by atoms with Crippen LogP contribution >= 0.6 is 7.82 Å². The Morgan fingerprint density at radius 2 is 0.688 bits per heavy atom. The van der Waals surface area contributed by atoms with Crippen molar-refractivity contribution in [3.8, 4) is 0 Å². The molecule has 3 atom stereocenters. The number of quaternary nitrogens is 1. The van der Waals surface area contributed by atoms with Gasteiger partial charge in [0.25, 0.3) is 0 Å². The number of nitrogens with one attached hydrogen (secondary N) is 1. The number of phosphoric acid groups is 1. The van der Waals surface area contributed by atoms with Gasteiger partial charge >= 0.3 is 7.82 Å². The van der Waals surface area contributed by atoms with Crippen molar-refractivity contribution in [1.82, 2.24) is 5.32 Å². The first-order valence-corrected chi connectivity index (χ1v) is 37.2. The SMILES string of the molecule is CCCCCCCCCCCCCCCCCCC/C=C/CC/C=C/C(O)C(COP(=O)(O)OCC[N+](C)(C)C)NC(=O)CCCCCCCCCCCCCCCCCCCCCCCCCCCCCCCCCCCCC. The zero-order valence-corrected chi connectivity index (χ0v) is 55.5. The maximum absolute atomic E-state index is 13.0. The Kier molecular flexibility index (Phi) is 61.7. The summed E-state index contributed by atoms with van der Waals surface area (Å²) in [6.45, 7) is 4.86. The molecule has 1 amide bonds. The molecule has 0 aromatic carbocycles. The number of unbranched alkanes of at least 4 members (excludes halogenated alkanes) is 52. The van der Waals surface area contributed by atoms with Gasteiger partial charge in [0.2, 0.25) is 5.91 Å². The average Bonchev–Trinajstić information content (AvgIpc) is 3.42. The van der Waals surface area contributed by atoms with Crippen molar-refractivity contribution in [3.63, 3.8) is 0 Å². The summed E-state index contributed by atoms with van der Waals surface area (Å²) in [6, 6.07) is -0.862. The number of hydrogen-bond acceptors (Lipinski definition) is 5. The molecule has 476 valence electrons. The zero-order chi connectivity index (χ0) is 58.4. The number of likely N-dealkylation sites (N-methyl/N-ethyl adjacent to an activating group) is 1. The van der Waals surface area contributed by atoms with Gasteiger partial charge in [-0.3, -0.25) is 13.8 Å². The van der Waals surface area contributed by atoms with E-state index >= 15 is 0 Å². The van der Waals surface area contributed by atoms with Crippen LogP contribution in [0.5, 0.6) is 0 Å². The lowest BCUT2D eigenvalue weighted by molar-refractivity contribution is -0.870. The first kappa shape index (κ1) is 79.0. The van der Waals surface area contributed by atoms with E-state index in [0.717, 1.165) is 38.5 Å². The lowest BCUT2D eigenvalue weighted by atomic mass is 10.0. The molecule has 0 spiro atoms. The largest absolute Gasteiger partial charge is 0.472 e. The van der Waals surface area contributed by atoms with Crippen LogP contribution in [0.1, 0.15) is 373 Å². The summed E-state index contributed by atoms with van der Waals surface area (Å²) in [6.07, 6.45) is 82.1. The molecule has 0 heterocycles. The molecule has 0 aliphatic heterocycles. The van der Waals surface area contributed by atoms with Gasteiger partial charge in [-0.05, 0) is 32.1 Å². The van der Waals surface area contributed by atoms with Crippen molar-refractivity contribution in [3.05, 3.63) is 24.3 Å². The van der Waals surface area contributed by atoms with E-state index in [9.17, 15) is 19.4 Å². The van der Waals surface area contributed by atoms with Gasteiger partial charge in [-0.15, -0.1) is 0 Å². The highest BCUT2D eigenvalue weighted by Gasteiger charge is 2.28. The van der Waals surface area contributed by atoms with E-state index in [2.05, 4.69) is 31.3 Å². The molecular formula is C71H142N2O6P+. The van der Waals surface area contributed by atoms with Gasteiger partial charge in [0.05, 0.1) is 39.9 Å². The molecule has 3 N–H and O–H groups in total. The molecule has 0 rings (SSSR count). The van der Waals surface area contributed by atoms with Crippen molar-refractivity contribution in [2.75, 3.05) is 40.9 Å². The highest BCUT2D eigenvalue weighted by atomic mass is 31.2. The van der Waals surface area contributed by atoms with E-state index in [-0.39, 0.29) is 19.1 Å². The number of aliphatic hydroxyl groups is 1. The maximum atomic E-state index is 13.0. The van der Waals surface area contributed by atoms with E-state index in [1.807, 2.05) is 27.2 Å². The van der Waals surface area contributed by atoms with Crippen molar-refractivity contribution >= 4 is 13.7 Å². The standard InChI is InChI=1S/C71H141N2O6P/c1-6-8-10-12-14-16-18-20-22-24-26-28-30-31-32-33-34-35-36-37-38-39-40-41-43-45-47-49-51-53-55-57-59-61-63-65-71(75)72-69(68-79-80(76,77)78-67-66-73(3,4)5)70(74)64-62-60-58-56-54-52-50-48-46-44-42-29-27-25-23-21-19-17-15-13-11-9-7-2/h54,56,62,64,69-70,74H,6-53,55,57-61,63,65-68H2,1-5H3,(H-,72,75,76,77)/p+1/b56-54+,64-62+. The van der Waals surface area contributed by atoms with Crippen LogP contribution < -0.4 is 5.32 Å². The number of hydrogen-bond donors (Lipinski definition) is 3. The molecule has 0 aliphatic rings. The molecule has 0 aromatic heterocycles. The number of rotatable bonds is 67. The third kappa shape index (κ3) is 64.5. The van der Waals surface area contributed by atoms with Crippen LogP contribution in [-0.2, 0) is 18.4 Å². The molecule has 0 radical (unpaired) electrons. The van der Waals surface area contributed by atoms with Gasteiger partial charge in [-0.2, -0.15) is 0 Å². The Labute approximate surface area is 500 Å². The van der Waals surface area contributed by atoms with Gasteiger partial charge < -0.3 is 19.8 Å². The molecule has 80 heavy (non-hydrogen) atoms. The minimum atomic E-state index is -4.36. The fraction of sp³-hybridized carbons (Fsp3) is 0.930. The van der Waals surface area contributed by atoms with Gasteiger partial charge in [0.15, 0.2) is 0 Å². The highest BCUT2D eigenvalue weighted by Crippen LogP contribution is 2.43. The maximum Gasteiger partial charge on any atom is 0.472 e. The summed E-state index contributed by atoms with van der Waals surface area (Å²) in [7, 11) is 1.57. The number of allylic oxidation sites excluding steroid dienone is 3. The molecule has 9 heteroatoms. The summed E-state index contributed by atoms with van der Waals surface area (Å²) >= 11 is 0. The van der Waals surface area contributed by atoms with Crippen LogP contribution in [0.3, 0.4) is 0 Å². The average molecular weight is 1150 g/mol. The molecule has 0 saturated carbocycles. The highest BCUT2D eigenvalue weighted by molar-refractivity contribution is 7.47. The molecular weight excluding hydrogens is 1010 g/mol. The normalized spacial score (nSPS) is 13.7. The fourth-order valence-electron chi connectivity index (χ4n) is 11.1. The van der Waals surface area contributed by atoms with Gasteiger partial charge in [0.1, 0.15) is 13.2 Å². The van der Waals surface area contributed by atoms with Crippen molar-refractivity contribution in [1.29, 1.82) is 0 Å². The number of phosphoric ester groups is 1. The second kappa shape index (κ2) is 62.5. The number of amides is 1. The number of nitrogens with zero attached hydrogens (tertiary/aromatic N) is 1. The second-order valence-corrected chi connectivity index (χ2v) is 27.4. The lowest BCUT2D eigenvalue weighted by Gasteiger charge is -2.25. The predicted molar refractivity (Wildman–Crippen MR) is 351 cm³/mol. The van der Waals surface area contributed by atoms with Crippen LogP contribution in [-0.4, -0.2) is 73.4 Å². The van der Waals surface area contributed by atoms with E-state index in [0.29, 0.717) is 17.4 Å². The second-order valence-electron chi connectivity index (χ2n) is 26.0. The number of carbonyl (C=O) groups is 1. The first-order chi connectivity index (χ1) is 39.0. The number of carbonyl (C=O) groups excluding carboxylic acids is 1. The molecule has 0 aliphatic carbocycles. The van der Waals surface area contributed by atoms with Crippen LogP contribution in [0.25, 0.3) is 0 Å². The van der Waals surface area contributed by atoms with E-state index in [4.69, 9.17) is 9.05 Å². The van der Waals surface area contributed by atoms with Crippen molar-refractivity contribution < 1.29 is 32.9 Å². The molecule has 0 saturated heterocycles. The van der Waals surface area contributed by atoms with Crippen LogP contribution in [0, 0.1) is 0 Å². The van der Waals surface area contributed by atoms with Crippen molar-refractivity contribution in [2.45, 2.75) is 386 Å². The summed E-state index contributed by atoms with van der Waals surface area (Å²) < 4.78 is 23.8. The lowest BCUT2D eigenvalue weighted by Crippen LogP contribution is -2.45. The Morgan fingerprint density at radius 1 is 0.412 bits per heavy atom. The quantitative estimate of drug-likeness (QED) is 0.0243. The number of aliphatic hydroxyl groups excluding tert-OH is 1. The third-order valence-electron chi connectivity index (χ3n) is 16.7. The van der Waals surface area contributed by atoms with Crippen LogP contribution in [0.15, 0.2) is 24.3 Å². The fourth-order valence-corrected chi connectivity index (χ4v) is 11.9. The van der Waals surface area contributed by atoms with E-state index in [1.54, 1.807) is 6.08 Å². The Balaban J connectivity index is 4.00. The topological polar surface area (TPSA) is 105 Å². The Bertz CT molecular complexity index is 1350. The van der Waals surface area contributed by atoms with Crippen LogP contribution in [0.2, 0.25) is 0 Å². The van der Waals surface area contributed by atoms with Crippen molar-refractivity contribution in [2.24, 2.45) is 0 Å². The molecule has 8 nitrogen and oxygen atoms in total. The summed E-state index contributed by atoms with van der Waals surface area (Å²) in [4.78, 5) is 23.4. The van der Waals surface area contributed by atoms with E-state index in [1.165, 1.54) is 315 Å². The Hall–Kier alpha value is -1.02.